The van der Waals surface area contributed by atoms with Crippen molar-refractivity contribution in [2.45, 2.75) is 25.3 Å². The number of pyridine rings is 1. The summed E-state index contributed by atoms with van der Waals surface area (Å²) in [6.07, 6.45) is 6.80. The van der Waals surface area contributed by atoms with Gasteiger partial charge in [-0.2, -0.15) is 0 Å². The molecule has 7 nitrogen and oxygen atoms in total. The molecule has 0 saturated carbocycles. The van der Waals surface area contributed by atoms with E-state index in [2.05, 4.69) is 9.88 Å². The monoisotopic (exact) mass is 479 g/mol. The van der Waals surface area contributed by atoms with E-state index in [1.807, 2.05) is 42.5 Å². The Balaban J connectivity index is 1.40. The molecule has 2 aliphatic rings. The lowest BCUT2D eigenvalue weighted by Crippen LogP contribution is -2.31. The summed E-state index contributed by atoms with van der Waals surface area (Å²) in [6.45, 7) is 2.03. The minimum absolute atomic E-state index is 0.00892. The molecular formula is C29H25N3O4. The molecule has 1 amide bonds. The second-order valence-electron chi connectivity index (χ2n) is 9.16. The number of furan rings is 1. The molecule has 1 unspecified atom stereocenters. The van der Waals surface area contributed by atoms with Crippen LogP contribution in [0.5, 0.6) is 0 Å². The van der Waals surface area contributed by atoms with Crippen molar-refractivity contribution in [2.24, 2.45) is 0 Å². The summed E-state index contributed by atoms with van der Waals surface area (Å²) < 4.78 is 5.79. The number of carbonyl (C=O) groups excluding carboxylic acids is 2. The van der Waals surface area contributed by atoms with Crippen LogP contribution in [0.3, 0.4) is 0 Å². The highest BCUT2D eigenvalue weighted by atomic mass is 16.3. The van der Waals surface area contributed by atoms with E-state index in [0.29, 0.717) is 16.8 Å². The van der Waals surface area contributed by atoms with E-state index in [0.717, 1.165) is 24.2 Å². The van der Waals surface area contributed by atoms with Gasteiger partial charge >= 0.3 is 0 Å². The van der Waals surface area contributed by atoms with Gasteiger partial charge in [0.15, 0.2) is 11.5 Å². The highest BCUT2D eigenvalue weighted by Crippen LogP contribution is 2.42. The number of aliphatic hydroxyl groups is 1. The quantitative estimate of drug-likeness (QED) is 0.375. The Morgan fingerprint density at radius 2 is 1.61 bits per heavy atom. The second-order valence-corrected chi connectivity index (χ2v) is 9.16. The zero-order valence-corrected chi connectivity index (χ0v) is 19.6. The second kappa shape index (κ2) is 9.00. The third-order valence-corrected chi connectivity index (χ3v) is 6.97. The maximum atomic E-state index is 13.7. The van der Waals surface area contributed by atoms with E-state index >= 15 is 0 Å². The van der Waals surface area contributed by atoms with Crippen LogP contribution < -0.4 is 9.80 Å². The van der Waals surface area contributed by atoms with E-state index in [4.69, 9.17) is 4.42 Å². The largest absolute Gasteiger partial charge is 0.503 e. The number of anilines is 2. The Labute approximate surface area is 208 Å². The lowest BCUT2D eigenvalue weighted by molar-refractivity contribution is -0.117. The number of aromatic nitrogens is 1. The number of para-hydroxylation sites is 1. The predicted octanol–water partition coefficient (Wildman–Crippen LogP) is 5.60. The van der Waals surface area contributed by atoms with E-state index in [9.17, 15) is 14.7 Å². The first-order valence-corrected chi connectivity index (χ1v) is 12.2. The smallest absolute Gasteiger partial charge is 0.294 e. The first-order valence-electron chi connectivity index (χ1n) is 12.2. The molecule has 2 aliphatic heterocycles. The molecule has 4 aromatic rings. The number of aliphatic hydroxyl groups excluding tert-OH is 1. The zero-order valence-electron chi connectivity index (χ0n) is 19.6. The van der Waals surface area contributed by atoms with Crippen LogP contribution in [0.1, 0.15) is 41.4 Å². The number of fused-ring (bicyclic) bond motifs is 1. The van der Waals surface area contributed by atoms with E-state index in [-0.39, 0.29) is 11.3 Å². The average Bonchev–Trinajstić information content (AvgIpc) is 3.48. The summed E-state index contributed by atoms with van der Waals surface area (Å²) in [5.41, 5.74) is 2.92. The van der Waals surface area contributed by atoms with Gasteiger partial charge in [-0.25, -0.2) is 0 Å². The van der Waals surface area contributed by atoms with Gasteiger partial charge in [-0.1, -0.05) is 18.2 Å². The van der Waals surface area contributed by atoms with Crippen molar-refractivity contribution in [3.63, 3.8) is 0 Å². The van der Waals surface area contributed by atoms with Gasteiger partial charge in [-0.05, 0) is 73.4 Å². The first kappa shape index (κ1) is 22.1. The molecular weight excluding hydrogens is 454 g/mol. The molecule has 0 bridgehead atoms. The number of benzene rings is 2. The minimum Gasteiger partial charge on any atom is -0.503 e. The van der Waals surface area contributed by atoms with Crippen molar-refractivity contribution >= 4 is 34.0 Å². The number of amides is 1. The van der Waals surface area contributed by atoms with Gasteiger partial charge in [-0.3, -0.25) is 19.5 Å². The summed E-state index contributed by atoms with van der Waals surface area (Å²) in [6, 6.07) is 19.4. The Bertz CT molecular complexity index is 1430. The van der Waals surface area contributed by atoms with Crippen molar-refractivity contribution in [1.29, 1.82) is 0 Å². The molecule has 7 heteroatoms. The van der Waals surface area contributed by atoms with Crippen LogP contribution in [-0.4, -0.2) is 34.9 Å². The van der Waals surface area contributed by atoms with Crippen LogP contribution in [0.25, 0.3) is 11.0 Å². The summed E-state index contributed by atoms with van der Waals surface area (Å²) in [7, 11) is 0. The van der Waals surface area contributed by atoms with Crippen LogP contribution in [-0.2, 0) is 4.79 Å². The third-order valence-electron chi connectivity index (χ3n) is 6.97. The number of ketones is 1. The summed E-state index contributed by atoms with van der Waals surface area (Å²) in [4.78, 5) is 35.0. The zero-order chi connectivity index (χ0) is 24.6. The molecule has 1 atom stereocenters. The fourth-order valence-electron chi connectivity index (χ4n) is 5.17. The number of Topliss-reactive ketones (excluding diaryl/α,β-unsaturated/α-hetero) is 1. The lowest BCUT2D eigenvalue weighted by Gasteiger charge is -2.30. The molecule has 36 heavy (non-hydrogen) atoms. The lowest BCUT2D eigenvalue weighted by atomic mass is 9.95. The van der Waals surface area contributed by atoms with Gasteiger partial charge in [0.2, 0.25) is 5.78 Å². The molecule has 4 heterocycles. The number of hydrogen-bond acceptors (Lipinski definition) is 6. The van der Waals surface area contributed by atoms with E-state index in [1.54, 1.807) is 36.7 Å². The Kier molecular flexibility index (Phi) is 5.52. The first-order chi connectivity index (χ1) is 17.6. The van der Waals surface area contributed by atoms with Gasteiger partial charge in [-0.15, -0.1) is 0 Å². The standard InChI is InChI=1S/C29H25N3O4/c33-27(24-18-20-6-2-3-7-23(20)36-24)25-26(19-12-14-30-15-13-19)32(29(35)28(25)34)22-10-8-21(9-11-22)31-16-4-1-5-17-31/h2-3,6-15,18,26,34H,1,4-5,16-17H2. The van der Waals surface area contributed by atoms with Gasteiger partial charge in [0, 0.05) is 42.2 Å². The molecule has 2 aromatic carbocycles. The Hall–Kier alpha value is -4.39. The number of hydrogen-bond donors (Lipinski definition) is 1. The summed E-state index contributed by atoms with van der Waals surface area (Å²) in [5, 5.41) is 11.8. The molecule has 180 valence electrons. The van der Waals surface area contributed by atoms with Crippen LogP contribution in [0.2, 0.25) is 0 Å². The van der Waals surface area contributed by atoms with E-state index < -0.39 is 23.5 Å². The molecule has 0 spiro atoms. The van der Waals surface area contributed by atoms with Crippen molar-refractivity contribution in [3.05, 3.63) is 102 Å². The molecule has 1 N–H and O–H groups in total. The Morgan fingerprint density at radius 3 is 2.33 bits per heavy atom. The number of piperidine rings is 1. The normalized spacial score (nSPS) is 18.3. The van der Waals surface area contributed by atoms with Crippen molar-refractivity contribution < 1.29 is 19.1 Å². The van der Waals surface area contributed by atoms with Gasteiger partial charge in [0.25, 0.3) is 5.91 Å². The van der Waals surface area contributed by atoms with Gasteiger partial charge in [0.05, 0.1) is 11.6 Å². The van der Waals surface area contributed by atoms with Crippen LogP contribution in [0, 0.1) is 0 Å². The fourth-order valence-corrected chi connectivity index (χ4v) is 5.17. The van der Waals surface area contributed by atoms with Crippen molar-refractivity contribution in [1.82, 2.24) is 4.98 Å². The predicted molar refractivity (Wildman–Crippen MR) is 137 cm³/mol. The number of rotatable bonds is 5. The number of nitrogens with zero attached hydrogens (tertiary/aromatic N) is 3. The molecule has 2 aromatic heterocycles. The number of carbonyl (C=O) groups is 2. The van der Waals surface area contributed by atoms with Gasteiger partial charge in [0.1, 0.15) is 5.58 Å². The average molecular weight is 480 g/mol. The molecule has 0 aliphatic carbocycles. The van der Waals surface area contributed by atoms with Gasteiger partial charge < -0.3 is 14.4 Å². The van der Waals surface area contributed by atoms with Crippen LogP contribution >= 0.6 is 0 Å². The highest BCUT2D eigenvalue weighted by molar-refractivity contribution is 6.20. The Morgan fingerprint density at radius 1 is 0.917 bits per heavy atom. The third kappa shape index (κ3) is 3.73. The SMILES string of the molecule is O=C(C1=C(O)C(=O)N(c2ccc(N3CCCCC3)cc2)C1c1ccncc1)c1cc2ccccc2o1. The maximum absolute atomic E-state index is 13.7. The summed E-state index contributed by atoms with van der Waals surface area (Å²) in [5.74, 6) is -1.64. The summed E-state index contributed by atoms with van der Waals surface area (Å²) >= 11 is 0. The maximum Gasteiger partial charge on any atom is 0.294 e. The fraction of sp³-hybridized carbons (Fsp3) is 0.207. The van der Waals surface area contributed by atoms with Crippen molar-refractivity contribution in [2.75, 3.05) is 22.9 Å². The van der Waals surface area contributed by atoms with Crippen molar-refractivity contribution in [3.8, 4) is 0 Å². The molecule has 0 radical (unpaired) electrons. The van der Waals surface area contributed by atoms with E-state index in [1.165, 1.54) is 24.2 Å². The highest BCUT2D eigenvalue weighted by Gasteiger charge is 2.45. The minimum atomic E-state index is -0.818. The van der Waals surface area contributed by atoms with Crippen LogP contribution in [0.15, 0.2) is 94.9 Å². The topological polar surface area (TPSA) is 86.9 Å². The molecule has 6 rings (SSSR count). The molecule has 1 saturated heterocycles. The molecule has 1 fully saturated rings. The van der Waals surface area contributed by atoms with Crippen LogP contribution in [0.4, 0.5) is 11.4 Å².